The smallest absolute Gasteiger partial charge is 0.317 e. The van der Waals surface area contributed by atoms with Crippen molar-refractivity contribution in [1.82, 2.24) is 25.0 Å². The minimum absolute atomic E-state index is 0.255. The van der Waals surface area contributed by atoms with Gasteiger partial charge in [0.15, 0.2) is 5.82 Å². The first-order valence-corrected chi connectivity index (χ1v) is 6.24. The van der Waals surface area contributed by atoms with E-state index in [-0.39, 0.29) is 12.6 Å². The van der Waals surface area contributed by atoms with Crippen molar-refractivity contribution in [3.8, 4) is 0 Å². The quantitative estimate of drug-likeness (QED) is 0.794. The minimum Gasteiger partial charge on any atom is -0.481 e. The topological polar surface area (TPSA) is 100 Å². The normalized spacial score (nSPS) is 18.6. The van der Waals surface area contributed by atoms with Crippen LogP contribution in [0.15, 0.2) is 6.33 Å². The molecule has 8 nitrogen and oxygen atoms in total. The van der Waals surface area contributed by atoms with Gasteiger partial charge in [0, 0.05) is 19.6 Å². The molecule has 2 rings (SSSR count). The number of carbonyl (C=O) groups excluding carboxylic acids is 1. The molecule has 2 amide bonds. The molecule has 2 heterocycles. The zero-order valence-electron chi connectivity index (χ0n) is 10.7. The van der Waals surface area contributed by atoms with Crippen molar-refractivity contribution in [3.63, 3.8) is 0 Å². The van der Waals surface area contributed by atoms with Crippen molar-refractivity contribution in [2.75, 3.05) is 13.1 Å². The number of rotatable bonds is 4. The standard InChI is InChI=1S/C11H17N5O3/c1-2-15-7-13-14-9(15)5-12-11(19)16-4-3-8(6-16)10(17)18/h7-8H,2-6H2,1H3,(H,12,19)(H,17,18). The molecule has 0 aromatic carbocycles. The average Bonchev–Trinajstić information content (AvgIpc) is 3.04. The summed E-state index contributed by atoms with van der Waals surface area (Å²) in [4.78, 5) is 24.2. The van der Waals surface area contributed by atoms with Crippen LogP contribution in [0.2, 0.25) is 0 Å². The van der Waals surface area contributed by atoms with Crippen LogP contribution < -0.4 is 5.32 Å². The lowest BCUT2D eigenvalue weighted by molar-refractivity contribution is -0.141. The van der Waals surface area contributed by atoms with Gasteiger partial charge in [-0.25, -0.2) is 4.79 Å². The molecule has 0 bridgehead atoms. The highest BCUT2D eigenvalue weighted by atomic mass is 16.4. The van der Waals surface area contributed by atoms with E-state index in [1.54, 1.807) is 6.33 Å². The van der Waals surface area contributed by atoms with Crippen molar-refractivity contribution in [3.05, 3.63) is 12.2 Å². The highest BCUT2D eigenvalue weighted by Gasteiger charge is 2.30. The molecule has 1 aliphatic heterocycles. The van der Waals surface area contributed by atoms with Crippen LogP contribution in [0.1, 0.15) is 19.2 Å². The lowest BCUT2D eigenvalue weighted by Crippen LogP contribution is -2.39. The number of hydrogen-bond donors (Lipinski definition) is 2. The number of aliphatic carboxylic acids is 1. The van der Waals surface area contributed by atoms with Gasteiger partial charge in [0.2, 0.25) is 0 Å². The van der Waals surface area contributed by atoms with Crippen LogP contribution in [-0.2, 0) is 17.9 Å². The minimum atomic E-state index is -0.846. The summed E-state index contributed by atoms with van der Waals surface area (Å²) in [6, 6.07) is -0.255. The number of urea groups is 1. The third-order valence-corrected chi connectivity index (χ3v) is 3.26. The van der Waals surface area contributed by atoms with E-state index in [1.807, 2.05) is 11.5 Å². The first-order valence-electron chi connectivity index (χ1n) is 6.24. The van der Waals surface area contributed by atoms with Crippen LogP contribution in [0.3, 0.4) is 0 Å². The number of carboxylic acids is 1. The Bertz CT molecular complexity index is 473. The summed E-state index contributed by atoms with van der Waals surface area (Å²) in [6.45, 7) is 3.74. The number of hydrogen-bond acceptors (Lipinski definition) is 4. The molecule has 1 atom stereocenters. The van der Waals surface area contributed by atoms with E-state index in [0.717, 1.165) is 6.54 Å². The number of likely N-dealkylation sites (tertiary alicyclic amines) is 1. The van der Waals surface area contributed by atoms with Crippen LogP contribution in [-0.4, -0.2) is 49.9 Å². The summed E-state index contributed by atoms with van der Waals surface area (Å²) < 4.78 is 1.84. The fourth-order valence-corrected chi connectivity index (χ4v) is 2.09. The van der Waals surface area contributed by atoms with Crippen molar-refractivity contribution in [2.45, 2.75) is 26.4 Å². The Labute approximate surface area is 110 Å². The first kappa shape index (κ1) is 13.3. The number of nitrogens with one attached hydrogen (secondary N) is 1. The largest absolute Gasteiger partial charge is 0.481 e. The maximum absolute atomic E-state index is 11.9. The van der Waals surface area contributed by atoms with Crippen molar-refractivity contribution in [2.24, 2.45) is 5.92 Å². The van der Waals surface area contributed by atoms with E-state index in [1.165, 1.54) is 4.90 Å². The number of aromatic nitrogens is 3. The molecule has 1 aliphatic rings. The molecule has 1 fully saturated rings. The highest BCUT2D eigenvalue weighted by Crippen LogP contribution is 2.16. The van der Waals surface area contributed by atoms with Gasteiger partial charge in [-0.15, -0.1) is 10.2 Å². The second kappa shape index (κ2) is 5.68. The number of carbonyl (C=O) groups is 2. The van der Waals surface area contributed by atoms with E-state index < -0.39 is 11.9 Å². The van der Waals surface area contributed by atoms with Crippen molar-refractivity contribution >= 4 is 12.0 Å². The molecular weight excluding hydrogens is 250 g/mol. The number of nitrogens with zero attached hydrogens (tertiary/aromatic N) is 4. The molecule has 0 radical (unpaired) electrons. The fourth-order valence-electron chi connectivity index (χ4n) is 2.09. The Morgan fingerprint density at radius 3 is 3.00 bits per heavy atom. The Hall–Kier alpha value is -2.12. The van der Waals surface area contributed by atoms with Gasteiger partial charge in [-0.2, -0.15) is 0 Å². The molecule has 8 heteroatoms. The second-order valence-electron chi connectivity index (χ2n) is 4.46. The van der Waals surface area contributed by atoms with Gasteiger partial charge < -0.3 is 19.9 Å². The molecule has 1 unspecified atom stereocenters. The lowest BCUT2D eigenvalue weighted by atomic mass is 10.1. The molecule has 0 aliphatic carbocycles. The van der Waals surface area contributed by atoms with E-state index in [0.29, 0.717) is 25.3 Å². The third kappa shape index (κ3) is 3.01. The van der Waals surface area contributed by atoms with E-state index in [2.05, 4.69) is 15.5 Å². The van der Waals surface area contributed by atoms with E-state index in [4.69, 9.17) is 5.11 Å². The zero-order valence-corrected chi connectivity index (χ0v) is 10.7. The van der Waals surface area contributed by atoms with Gasteiger partial charge in [0.25, 0.3) is 0 Å². The van der Waals surface area contributed by atoms with Gasteiger partial charge in [0.1, 0.15) is 6.33 Å². The molecule has 2 N–H and O–H groups in total. The molecule has 19 heavy (non-hydrogen) atoms. The summed E-state index contributed by atoms with van der Waals surface area (Å²) in [5, 5.41) is 19.3. The Balaban J connectivity index is 1.84. The van der Waals surface area contributed by atoms with Gasteiger partial charge in [-0.3, -0.25) is 4.79 Å². The number of aryl methyl sites for hydroxylation is 1. The molecule has 104 valence electrons. The highest BCUT2D eigenvalue weighted by molar-refractivity contribution is 5.77. The van der Waals surface area contributed by atoms with Crippen LogP contribution in [0.25, 0.3) is 0 Å². The number of carboxylic acid groups (broad SMARTS) is 1. The molecular formula is C11H17N5O3. The number of amides is 2. The summed E-state index contributed by atoms with van der Waals surface area (Å²) in [6.07, 6.45) is 2.12. The summed E-state index contributed by atoms with van der Waals surface area (Å²) in [5.74, 6) is -0.615. The average molecular weight is 267 g/mol. The second-order valence-corrected chi connectivity index (χ2v) is 4.46. The van der Waals surface area contributed by atoms with Gasteiger partial charge in [0.05, 0.1) is 12.5 Å². The molecule has 1 saturated heterocycles. The lowest BCUT2D eigenvalue weighted by Gasteiger charge is -2.16. The van der Waals surface area contributed by atoms with Gasteiger partial charge in [-0.1, -0.05) is 0 Å². The Morgan fingerprint density at radius 2 is 2.37 bits per heavy atom. The van der Waals surface area contributed by atoms with Crippen molar-refractivity contribution in [1.29, 1.82) is 0 Å². The summed E-state index contributed by atoms with van der Waals surface area (Å²) >= 11 is 0. The van der Waals surface area contributed by atoms with Crippen LogP contribution >= 0.6 is 0 Å². The van der Waals surface area contributed by atoms with Gasteiger partial charge in [-0.05, 0) is 13.3 Å². The molecule has 0 saturated carbocycles. The predicted octanol–water partition coefficient (Wildman–Crippen LogP) is -0.0859. The predicted molar refractivity (Wildman–Crippen MR) is 65.2 cm³/mol. The van der Waals surface area contributed by atoms with E-state index in [9.17, 15) is 9.59 Å². The maximum atomic E-state index is 11.9. The molecule has 0 spiro atoms. The van der Waals surface area contributed by atoms with Crippen molar-refractivity contribution < 1.29 is 14.7 Å². The molecule has 1 aromatic rings. The Kier molecular flexibility index (Phi) is 3.98. The zero-order chi connectivity index (χ0) is 13.8. The monoisotopic (exact) mass is 267 g/mol. The van der Waals surface area contributed by atoms with Crippen LogP contribution in [0.4, 0.5) is 4.79 Å². The SMILES string of the molecule is CCn1cnnc1CNC(=O)N1CCC(C(=O)O)C1. The maximum Gasteiger partial charge on any atom is 0.317 e. The fraction of sp³-hybridized carbons (Fsp3) is 0.636. The third-order valence-electron chi connectivity index (χ3n) is 3.26. The van der Waals surface area contributed by atoms with E-state index >= 15 is 0 Å². The first-order chi connectivity index (χ1) is 9.11. The summed E-state index contributed by atoms with van der Waals surface area (Å²) in [7, 11) is 0. The van der Waals surface area contributed by atoms with Crippen LogP contribution in [0, 0.1) is 5.92 Å². The van der Waals surface area contributed by atoms with Crippen LogP contribution in [0.5, 0.6) is 0 Å². The Morgan fingerprint density at radius 1 is 1.58 bits per heavy atom. The van der Waals surface area contributed by atoms with Gasteiger partial charge >= 0.3 is 12.0 Å². The summed E-state index contributed by atoms with van der Waals surface area (Å²) in [5.41, 5.74) is 0. The molecule has 1 aromatic heterocycles.